The molecule has 1 aromatic heterocycles. The largest absolute Gasteiger partial charge is 0.477 e. The average molecular weight is 281 g/mol. The van der Waals surface area contributed by atoms with Crippen molar-refractivity contribution < 1.29 is 14.7 Å². The van der Waals surface area contributed by atoms with Crippen LogP contribution in [0.4, 0.5) is 0 Å². The maximum absolute atomic E-state index is 12.0. The van der Waals surface area contributed by atoms with Crippen LogP contribution in [-0.4, -0.2) is 28.4 Å². The monoisotopic (exact) mass is 281 g/mol. The highest BCUT2D eigenvalue weighted by Gasteiger charge is 2.37. The summed E-state index contributed by atoms with van der Waals surface area (Å²) in [5, 5.41) is 10.8. The number of hydrogen-bond donors (Lipinski definition) is 1. The molecule has 0 radical (unpaired) electrons. The fourth-order valence-corrected chi connectivity index (χ4v) is 3.11. The summed E-state index contributed by atoms with van der Waals surface area (Å²) in [6.07, 6.45) is 0.566. The molecule has 0 saturated carbocycles. The Hall–Kier alpha value is -1.36. The van der Waals surface area contributed by atoms with Gasteiger partial charge in [-0.1, -0.05) is 20.8 Å². The lowest BCUT2D eigenvalue weighted by Gasteiger charge is -2.26. The molecule has 0 spiro atoms. The third-order valence-electron chi connectivity index (χ3n) is 3.74. The lowest BCUT2D eigenvalue weighted by atomic mass is 9.80. The molecule has 5 heteroatoms. The molecule has 19 heavy (non-hydrogen) atoms. The molecule has 1 unspecified atom stereocenters. The Balaban J connectivity index is 2.10. The summed E-state index contributed by atoms with van der Waals surface area (Å²) in [6.45, 7) is 7.55. The number of rotatable bonds is 3. The Labute approximate surface area is 117 Å². The van der Waals surface area contributed by atoms with Crippen LogP contribution in [0.15, 0.2) is 11.4 Å². The van der Waals surface area contributed by atoms with Crippen molar-refractivity contribution in [3.8, 4) is 0 Å². The molecular formula is C14H19NO3S. The molecule has 4 nitrogen and oxygen atoms in total. The minimum absolute atomic E-state index is 0.106. The molecule has 0 bridgehead atoms. The van der Waals surface area contributed by atoms with Crippen LogP contribution in [0.2, 0.25) is 0 Å². The zero-order chi connectivity index (χ0) is 14.2. The van der Waals surface area contributed by atoms with Crippen molar-refractivity contribution in [1.29, 1.82) is 0 Å². The van der Waals surface area contributed by atoms with E-state index in [1.54, 1.807) is 16.3 Å². The maximum Gasteiger partial charge on any atom is 0.346 e. The first kappa shape index (κ1) is 14.1. The molecule has 1 atom stereocenters. The van der Waals surface area contributed by atoms with Crippen molar-refractivity contribution in [3.05, 3.63) is 21.9 Å². The van der Waals surface area contributed by atoms with Crippen LogP contribution in [0, 0.1) is 11.3 Å². The number of carboxylic acids is 1. The summed E-state index contributed by atoms with van der Waals surface area (Å²) in [7, 11) is 0. The highest BCUT2D eigenvalue weighted by Crippen LogP contribution is 2.35. The van der Waals surface area contributed by atoms with Gasteiger partial charge in [-0.3, -0.25) is 4.79 Å². The van der Waals surface area contributed by atoms with E-state index in [2.05, 4.69) is 20.8 Å². The van der Waals surface area contributed by atoms with Crippen LogP contribution in [0.3, 0.4) is 0 Å². The van der Waals surface area contributed by atoms with Gasteiger partial charge in [-0.05, 0) is 28.3 Å². The van der Waals surface area contributed by atoms with E-state index in [0.29, 0.717) is 23.8 Å². The van der Waals surface area contributed by atoms with Crippen LogP contribution in [0.25, 0.3) is 0 Å². The topological polar surface area (TPSA) is 57.6 Å². The molecule has 0 aromatic carbocycles. The van der Waals surface area contributed by atoms with E-state index < -0.39 is 5.97 Å². The first-order valence-corrected chi connectivity index (χ1v) is 7.24. The van der Waals surface area contributed by atoms with Crippen LogP contribution >= 0.6 is 11.3 Å². The molecular weight excluding hydrogens is 262 g/mol. The minimum Gasteiger partial charge on any atom is -0.477 e. The predicted molar refractivity (Wildman–Crippen MR) is 74.3 cm³/mol. The SMILES string of the molecule is CC(C)(C)C1CC(=O)N(Cc2ccsc2C(=O)O)C1. The Kier molecular flexibility index (Phi) is 3.67. The Morgan fingerprint density at radius 2 is 2.21 bits per heavy atom. The lowest BCUT2D eigenvalue weighted by molar-refractivity contribution is -0.128. The van der Waals surface area contributed by atoms with E-state index in [9.17, 15) is 9.59 Å². The minimum atomic E-state index is -0.913. The Morgan fingerprint density at radius 1 is 1.53 bits per heavy atom. The van der Waals surface area contributed by atoms with Crippen LogP contribution < -0.4 is 0 Å². The molecule has 2 heterocycles. The van der Waals surface area contributed by atoms with Gasteiger partial charge in [0.2, 0.25) is 5.91 Å². The molecule has 1 aliphatic rings. The fraction of sp³-hybridized carbons (Fsp3) is 0.571. The van der Waals surface area contributed by atoms with E-state index >= 15 is 0 Å². The van der Waals surface area contributed by atoms with Gasteiger partial charge < -0.3 is 10.0 Å². The van der Waals surface area contributed by atoms with Gasteiger partial charge in [0.1, 0.15) is 4.88 Å². The highest BCUT2D eigenvalue weighted by atomic mass is 32.1. The smallest absolute Gasteiger partial charge is 0.346 e. The van der Waals surface area contributed by atoms with Crippen LogP contribution in [0.5, 0.6) is 0 Å². The van der Waals surface area contributed by atoms with Gasteiger partial charge in [-0.15, -0.1) is 11.3 Å². The van der Waals surface area contributed by atoms with Gasteiger partial charge in [0.25, 0.3) is 0 Å². The summed E-state index contributed by atoms with van der Waals surface area (Å²) in [5.41, 5.74) is 0.842. The second-order valence-electron chi connectivity index (χ2n) is 6.12. The zero-order valence-corrected chi connectivity index (χ0v) is 12.3. The molecule has 1 aliphatic heterocycles. The number of nitrogens with zero attached hydrogens (tertiary/aromatic N) is 1. The number of likely N-dealkylation sites (tertiary alicyclic amines) is 1. The van der Waals surface area contributed by atoms with Gasteiger partial charge in [-0.25, -0.2) is 4.79 Å². The molecule has 1 saturated heterocycles. The van der Waals surface area contributed by atoms with Gasteiger partial charge in [0, 0.05) is 19.5 Å². The first-order chi connectivity index (χ1) is 8.79. The summed E-state index contributed by atoms with van der Waals surface area (Å²) >= 11 is 1.21. The zero-order valence-electron chi connectivity index (χ0n) is 11.5. The number of carbonyl (C=O) groups excluding carboxylic acids is 1. The molecule has 2 rings (SSSR count). The van der Waals surface area contributed by atoms with Crippen molar-refractivity contribution in [2.45, 2.75) is 33.7 Å². The summed E-state index contributed by atoms with van der Waals surface area (Å²) in [6, 6.07) is 1.80. The standard InChI is InChI=1S/C14H19NO3S/c1-14(2,3)10-6-11(16)15(8-10)7-9-4-5-19-12(9)13(17)18/h4-5,10H,6-8H2,1-3H3,(H,17,18). The van der Waals surface area contributed by atoms with Crippen molar-refractivity contribution in [2.24, 2.45) is 11.3 Å². The van der Waals surface area contributed by atoms with Gasteiger partial charge in [-0.2, -0.15) is 0 Å². The molecule has 104 valence electrons. The second kappa shape index (κ2) is 4.96. The number of hydrogen-bond acceptors (Lipinski definition) is 3. The average Bonchev–Trinajstić information content (AvgIpc) is 2.86. The number of aromatic carboxylic acids is 1. The maximum atomic E-state index is 12.0. The van der Waals surface area contributed by atoms with Gasteiger partial charge in [0.15, 0.2) is 0 Å². The van der Waals surface area contributed by atoms with Crippen molar-refractivity contribution >= 4 is 23.2 Å². The van der Waals surface area contributed by atoms with E-state index in [1.807, 2.05) is 0 Å². The second-order valence-corrected chi connectivity index (χ2v) is 7.04. The predicted octanol–water partition coefficient (Wildman–Crippen LogP) is 2.84. The van der Waals surface area contributed by atoms with Crippen molar-refractivity contribution in [3.63, 3.8) is 0 Å². The van der Waals surface area contributed by atoms with E-state index in [1.165, 1.54) is 11.3 Å². The number of carbonyl (C=O) groups is 2. The normalized spacial score (nSPS) is 20.1. The Morgan fingerprint density at radius 3 is 2.74 bits per heavy atom. The Bertz CT molecular complexity index is 501. The molecule has 1 N–H and O–H groups in total. The van der Waals surface area contributed by atoms with E-state index in [-0.39, 0.29) is 11.3 Å². The summed E-state index contributed by atoms with van der Waals surface area (Å²) < 4.78 is 0. The van der Waals surface area contributed by atoms with E-state index in [0.717, 1.165) is 12.1 Å². The third kappa shape index (κ3) is 2.97. The number of thiophene rings is 1. The number of amides is 1. The van der Waals surface area contributed by atoms with E-state index in [4.69, 9.17) is 5.11 Å². The number of carboxylic acid groups (broad SMARTS) is 1. The molecule has 1 amide bonds. The highest BCUT2D eigenvalue weighted by molar-refractivity contribution is 7.12. The first-order valence-electron chi connectivity index (χ1n) is 6.36. The van der Waals surface area contributed by atoms with Crippen LogP contribution in [0.1, 0.15) is 42.4 Å². The quantitative estimate of drug-likeness (QED) is 0.927. The third-order valence-corrected chi connectivity index (χ3v) is 4.69. The molecule has 0 aliphatic carbocycles. The lowest BCUT2D eigenvalue weighted by Crippen LogP contribution is -2.27. The summed E-state index contributed by atoms with van der Waals surface area (Å²) in [4.78, 5) is 25.2. The fourth-order valence-electron chi connectivity index (χ4n) is 2.36. The van der Waals surface area contributed by atoms with Crippen molar-refractivity contribution in [2.75, 3.05) is 6.54 Å². The van der Waals surface area contributed by atoms with Gasteiger partial charge in [0.05, 0.1) is 0 Å². The summed E-state index contributed by atoms with van der Waals surface area (Å²) in [5.74, 6) is -0.446. The molecule has 1 aromatic rings. The van der Waals surface area contributed by atoms with Crippen LogP contribution in [-0.2, 0) is 11.3 Å². The van der Waals surface area contributed by atoms with Crippen molar-refractivity contribution in [1.82, 2.24) is 4.90 Å². The molecule has 1 fully saturated rings. The van der Waals surface area contributed by atoms with Gasteiger partial charge >= 0.3 is 5.97 Å².